The van der Waals surface area contributed by atoms with Crippen molar-refractivity contribution in [2.75, 3.05) is 17.3 Å². The second-order valence-corrected chi connectivity index (χ2v) is 7.10. The fraction of sp³-hybridized carbons (Fsp3) is 0.833. The number of aliphatic carboxylic acids is 1. The number of amides is 1. The maximum atomic E-state index is 12.0. The smallest absolute Gasteiger partial charge is 0.330 e. The molecule has 1 aliphatic heterocycles. The number of hydrogen-bond donors (Lipinski definition) is 2. The Labute approximate surface area is 117 Å². The molecule has 0 aliphatic carbocycles. The van der Waals surface area contributed by atoms with Gasteiger partial charge >= 0.3 is 5.97 Å². The highest BCUT2D eigenvalue weighted by molar-refractivity contribution is 8.00. The predicted molar refractivity (Wildman–Crippen MR) is 77.3 cm³/mol. The second kappa shape index (κ2) is 7.28. The summed E-state index contributed by atoms with van der Waals surface area (Å²) in [6.07, 6.45) is 2.71. The zero-order chi connectivity index (χ0) is 13.6. The minimum atomic E-state index is -1.04. The number of carbonyl (C=O) groups excluding carboxylic acids is 1. The lowest BCUT2D eigenvalue weighted by molar-refractivity contribution is -0.146. The molecule has 6 heteroatoms. The van der Waals surface area contributed by atoms with Gasteiger partial charge in [-0.2, -0.15) is 11.8 Å². The maximum absolute atomic E-state index is 12.0. The normalized spacial score (nSPS) is 24.8. The van der Waals surface area contributed by atoms with E-state index >= 15 is 0 Å². The minimum absolute atomic E-state index is 0.152. The first-order valence-electron chi connectivity index (χ1n) is 6.26. The third-order valence-corrected chi connectivity index (χ3v) is 5.46. The lowest BCUT2D eigenvalue weighted by atomic mass is 9.99. The van der Waals surface area contributed by atoms with Crippen LogP contribution in [0.2, 0.25) is 0 Å². The Hall–Kier alpha value is -0.360. The van der Waals surface area contributed by atoms with E-state index in [4.69, 9.17) is 0 Å². The lowest BCUT2D eigenvalue weighted by Crippen LogP contribution is -2.56. The van der Waals surface area contributed by atoms with Crippen LogP contribution >= 0.6 is 23.5 Å². The van der Waals surface area contributed by atoms with Crippen molar-refractivity contribution in [3.05, 3.63) is 0 Å². The highest BCUT2D eigenvalue weighted by Crippen LogP contribution is 2.29. The van der Waals surface area contributed by atoms with Crippen LogP contribution in [0, 0.1) is 0 Å². The Kier molecular flexibility index (Phi) is 6.35. The van der Waals surface area contributed by atoms with E-state index in [0.717, 1.165) is 24.3 Å². The van der Waals surface area contributed by atoms with Crippen molar-refractivity contribution in [2.45, 2.75) is 43.9 Å². The molecule has 0 radical (unpaired) electrons. The first-order valence-corrected chi connectivity index (χ1v) is 8.47. The van der Waals surface area contributed by atoms with Crippen LogP contribution in [-0.2, 0) is 9.59 Å². The number of carboxylic acid groups (broad SMARTS) is 1. The SMILES string of the molecule is CCCCSC(C)C(=O)NC1(C(=O)O)CCSC1. The fourth-order valence-electron chi connectivity index (χ4n) is 1.70. The van der Waals surface area contributed by atoms with Crippen LogP contribution in [0.15, 0.2) is 0 Å². The van der Waals surface area contributed by atoms with Gasteiger partial charge in [0.25, 0.3) is 0 Å². The van der Waals surface area contributed by atoms with Gasteiger partial charge in [-0.1, -0.05) is 13.3 Å². The summed E-state index contributed by atoms with van der Waals surface area (Å²) in [5.41, 5.74) is -1.04. The third kappa shape index (κ3) is 4.09. The van der Waals surface area contributed by atoms with Gasteiger partial charge in [-0.15, -0.1) is 11.8 Å². The Morgan fingerprint density at radius 3 is 2.78 bits per heavy atom. The number of rotatable bonds is 7. The van der Waals surface area contributed by atoms with Crippen LogP contribution in [0.1, 0.15) is 33.1 Å². The number of hydrogen-bond acceptors (Lipinski definition) is 4. The first-order chi connectivity index (χ1) is 8.52. The van der Waals surface area contributed by atoms with E-state index in [1.54, 1.807) is 23.5 Å². The molecule has 1 fully saturated rings. The fourth-order valence-corrected chi connectivity index (χ4v) is 4.05. The van der Waals surface area contributed by atoms with Crippen LogP contribution in [0.3, 0.4) is 0 Å². The molecule has 1 heterocycles. The molecule has 0 aromatic rings. The number of unbranched alkanes of at least 4 members (excludes halogenated alkanes) is 1. The standard InChI is InChI=1S/C12H21NO3S2/c1-3-4-6-18-9(2)10(14)13-12(11(15)16)5-7-17-8-12/h9H,3-8H2,1-2H3,(H,13,14)(H,15,16). The zero-order valence-electron chi connectivity index (χ0n) is 10.9. The minimum Gasteiger partial charge on any atom is -0.479 e. The summed E-state index contributed by atoms with van der Waals surface area (Å²) in [4.78, 5) is 23.3. The Morgan fingerprint density at radius 1 is 1.56 bits per heavy atom. The van der Waals surface area contributed by atoms with Gasteiger partial charge < -0.3 is 10.4 Å². The van der Waals surface area contributed by atoms with Crippen molar-refractivity contribution in [3.8, 4) is 0 Å². The summed E-state index contributed by atoms with van der Waals surface area (Å²) < 4.78 is 0. The van der Waals surface area contributed by atoms with Crippen molar-refractivity contribution in [3.63, 3.8) is 0 Å². The van der Waals surface area contributed by atoms with Gasteiger partial charge in [-0.25, -0.2) is 4.79 Å². The molecule has 1 rings (SSSR count). The van der Waals surface area contributed by atoms with E-state index in [1.165, 1.54) is 0 Å². The molecule has 2 unspecified atom stereocenters. The highest BCUT2D eigenvalue weighted by Gasteiger charge is 2.43. The topological polar surface area (TPSA) is 66.4 Å². The van der Waals surface area contributed by atoms with Crippen molar-refractivity contribution in [2.24, 2.45) is 0 Å². The molecule has 2 N–H and O–H groups in total. The van der Waals surface area contributed by atoms with Crippen LogP contribution in [-0.4, -0.2) is 45.0 Å². The van der Waals surface area contributed by atoms with Gasteiger partial charge in [0, 0.05) is 5.75 Å². The molecule has 4 nitrogen and oxygen atoms in total. The largest absolute Gasteiger partial charge is 0.479 e. The Balaban J connectivity index is 2.49. The lowest BCUT2D eigenvalue weighted by Gasteiger charge is -2.26. The summed E-state index contributed by atoms with van der Waals surface area (Å²) in [7, 11) is 0. The van der Waals surface area contributed by atoms with Crippen molar-refractivity contribution >= 4 is 35.4 Å². The Bertz CT molecular complexity index is 304. The molecule has 18 heavy (non-hydrogen) atoms. The average Bonchev–Trinajstić information content (AvgIpc) is 2.79. The van der Waals surface area contributed by atoms with E-state index in [1.807, 2.05) is 6.92 Å². The van der Waals surface area contributed by atoms with Crippen LogP contribution in [0.4, 0.5) is 0 Å². The quantitative estimate of drug-likeness (QED) is 0.702. The van der Waals surface area contributed by atoms with E-state index < -0.39 is 11.5 Å². The molecule has 2 atom stereocenters. The summed E-state index contributed by atoms with van der Waals surface area (Å²) in [5, 5.41) is 11.8. The number of thioether (sulfide) groups is 2. The molecule has 0 spiro atoms. The molecule has 1 saturated heterocycles. The van der Waals surface area contributed by atoms with Crippen LogP contribution in [0.5, 0.6) is 0 Å². The molecule has 1 amide bonds. The molecule has 0 bridgehead atoms. The van der Waals surface area contributed by atoms with Crippen LogP contribution in [0.25, 0.3) is 0 Å². The van der Waals surface area contributed by atoms with E-state index in [-0.39, 0.29) is 11.2 Å². The molecular formula is C12H21NO3S2. The van der Waals surface area contributed by atoms with E-state index in [2.05, 4.69) is 12.2 Å². The number of carbonyl (C=O) groups is 2. The number of carboxylic acids is 1. The summed E-state index contributed by atoms with van der Waals surface area (Å²) >= 11 is 3.17. The molecule has 0 saturated carbocycles. The van der Waals surface area contributed by atoms with Crippen molar-refractivity contribution in [1.29, 1.82) is 0 Å². The summed E-state index contributed by atoms with van der Waals surface area (Å²) in [6, 6.07) is 0. The average molecular weight is 291 g/mol. The summed E-state index contributed by atoms with van der Waals surface area (Å²) in [5.74, 6) is 1.15. The van der Waals surface area contributed by atoms with Gasteiger partial charge in [-0.3, -0.25) is 4.79 Å². The van der Waals surface area contributed by atoms with Gasteiger partial charge in [0.1, 0.15) is 5.54 Å². The van der Waals surface area contributed by atoms with Crippen molar-refractivity contribution < 1.29 is 14.7 Å². The number of nitrogens with one attached hydrogen (secondary N) is 1. The van der Waals surface area contributed by atoms with Crippen LogP contribution < -0.4 is 5.32 Å². The van der Waals surface area contributed by atoms with E-state index in [0.29, 0.717) is 12.2 Å². The van der Waals surface area contributed by atoms with Crippen molar-refractivity contribution in [1.82, 2.24) is 5.32 Å². The molecule has 104 valence electrons. The second-order valence-electron chi connectivity index (χ2n) is 4.55. The monoisotopic (exact) mass is 291 g/mol. The third-order valence-electron chi connectivity index (χ3n) is 3.03. The van der Waals surface area contributed by atoms with E-state index in [9.17, 15) is 14.7 Å². The summed E-state index contributed by atoms with van der Waals surface area (Å²) in [6.45, 7) is 3.95. The highest BCUT2D eigenvalue weighted by atomic mass is 32.2. The van der Waals surface area contributed by atoms with Gasteiger partial charge in [0.2, 0.25) is 5.91 Å². The Morgan fingerprint density at radius 2 is 2.28 bits per heavy atom. The molecule has 0 aromatic carbocycles. The molecule has 0 aromatic heterocycles. The van der Waals surface area contributed by atoms with Gasteiger partial charge in [0.15, 0.2) is 0 Å². The molecular weight excluding hydrogens is 270 g/mol. The molecule has 1 aliphatic rings. The zero-order valence-corrected chi connectivity index (χ0v) is 12.5. The van der Waals surface area contributed by atoms with Gasteiger partial charge in [0.05, 0.1) is 5.25 Å². The first kappa shape index (κ1) is 15.7. The predicted octanol–water partition coefficient (Wildman–Crippen LogP) is 1.98. The van der Waals surface area contributed by atoms with Gasteiger partial charge in [-0.05, 0) is 31.3 Å². The maximum Gasteiger partial charge on any atom is 0.330 e.